The molecule has 1 saturated carbocycles. The van der Waals surface area contributed by atoms with Crippen molar-refractivity contribution in [3.05, 3.63) is 0 Å². The van der Waals surface area contributed by atoms with Crippen molar-refractivity contribution < 1.29 is 4.74 Å². The van der Waals surface area contributed by atoms with E-state index < -0.39 is 0 Å². The van der Waals surface area contributed by atoms with E-state index in [9.17, 15) is 0 Å². The maximum Gasteiger partial charge on any atom is 0.0503 e. The molecule has 3 nitrogen and oxygen atoms in total. The van der Waals surface area contributed by atoms with Crippen LogP contribution in [0.4, 0.5) is 0 Å². The summed E-state index contributed by atoms with van der Waals surface area (Å²) in [6.45, 7) is 6.49. The number of ether oxygens (including phenoxy) is 1. The molecule has 0 radical (unpaired) electrons. The third-order valence-corrected chi connectivity index (χ3v) is 5.71. The smallest absolute Gasteiger partial charge is 0.0503 e. The molecule has 3 unspecified atom stereocenters. The molecule has 1 heterocycles. The van der Waals surface area contributed by atoms with Crippen LogP contribution in [0.5, 0.6) is 0 Å². The fourth-order valence-corrected chi connectivity index (χ4v) is 4.44. The molecule has 1 aliphatic heterocycles. The molecule has 0 aromatic heterocycles. The second-order valence-electron chi connectivity index (χ2n) is 7.07. The van der Waals surface area contributed by atoms with Gasteiger partial charge in [-0.2, -0.15) is 0 Å². The van der Waals surface area contributed by atoms with E-state index in [2.05, 4.69) is 11.8 Å². The molecule has 0 amide bonds. The quantitative estimate of drug-likeness (QED) is 0.761. The minimum absolute atomic E-state index is 0.297. The third kappa shape index (κ3) is 3.75. The monoisotopic (exact) mass is 282 g/mol. The molecule has 2 fully saturated rings. The summed E-state index contributed by atoms with van der Waals surface area (Å²) in [6.07, 6.45) is 10.8. The van der Waals surface area contributed by atoms with Crippen molar-refractivity contribution in [3.8, 4) is 0 Å². The Balaban J connectivity index is 1.95. The fraction of sp³-hybridized carbons (Fsp3) is 1.00. The van der Waals surface area contributed by atoms with Crippen molar-refractivity contribution in [3.63, 3.8) is 0 Å². The minimum Gasteiger partial charge on any atom is -0.384 e. The first-order valence-electron chi connectivity index (χ1n) is 8.68. The Morgan fingerprint density at radius 3 is 2.75 bits per heavy atom. The maximum atomic E-state index is 6.25. The average Bonchev–Trinajstić information content (AvgIpc) is 2.82. The van der Waals surface area contributed by atoms with Gasteiger partial charge in [0.25, 0.3) is 0 Å². The van der Waals surface area contributed by atoms with Crippen LogP contribution in [0.15, 0.2) is 0 Å². The van der Waals surface area contributed by atoms with Crippen molar-refractivity contribution in [2.75, 3.05) is 33.4 Å². The molecule has 1 saturated heterocycles. The van der Waals surface area contributed by atoms with Gasteiger partial charge in [0.05, 0.1) is 6.61 Å². The van der Waals surface area contributed by atoms with Crippen molar-refractivity contribution in [1.82, 2.24) is 4.90 Å². The van der Waals surface area contributed by atoms with Crippen LogP contribution in [0.25, 0.3) is 0 Å². The van der Waals surface area contributed by atoms with Crippen molar-refractivity contribution in [1.29, 1.82) is 0 Å². The zero-order valence-corrected chi connectivity index (χ0v) is 13.6. The third-order valence-electron chi connectivity index (χ3n) is 5.71. The zero-order chi connectivity index (χ0) is 14.4. The number of nitrogens with two attached hydrogens (primary N) is 1. The fourth-order valence-electron chi connectivity index (χ4n) is 4.44. The molecule has 1 aliphatic carbocycles. The molecule has 2 rings (SSSR count). The molecule has 0 bridgehead atoms. The highest BCUT2D eigenvalue weighted by Crippen LogP contribution is 2.38. The van der Waals surface area contributed by atoms with E-state index in [0.717, 1.165) is 25.0 Å². The van der Waals surface area contributed by atoms with Gasteiger partial charge in [0.2, 0.25) is 0 Å². The molecule has 2 aliphatic rings. The van der Waals surface area contributed by atoms with Crippen LogP contribution in [-0.2, 0) is 4.74 Å². The summed E-state index contributed by atoms with van der Waals surface area (Å²) in [7, 11) is 1.82. The minimum atomic E-state index is 0.297. The number of hydrogen-bond acceptors (Lipinski definition) is 3. The van der Waals surface area contributed by atoms with Crippen LogP contribution < -0.4 is 5.73 Å². The lowest BCUT2D eigenvalue weighted by Gasteiger charge is -2.41. The van der Waals surface area contributed by atoms with Gasteiger partial charge >= 0.3 is 0 Å². The van der Waals surface area contributed by atoms with Crippen LogP contribution in [0, 0.1) is 11.8 Å². The maximum absolute atomic E-state index is 6.25. The highest BCUT2D eigenvalue weighted by Gasteiger charge is 2.40. The van der Waals surface area contributed by atoms with Crippen LogP contribution in [0.3, 0.4) is 0 Å². The molecule has 3 heteroatoms. The normalized spacial score (nSPS) is 36.1. The van der Waals surface area contributed by atoms with Gasteiger partial charge in [0, 0.05) is 25.7 Å². The summed E-state index contributed by atoms with van der Waals surface area (Å²) in [5, 5.41) is 0. The summed E-state index contributed by atoms with van der Waals surface area (Å²) >= 11 is 0. The van der Waals surface area contributed by atoms with E-state index >= 15 is 0 Å². The average molecular weight is 282 g/mol. The summed E-state index contributed by atoms with van der Waals surface area (Å²) in [6, 6.07) is 0. The van der Waals surface area contributed by atoms with Gasteiger partial charge in [-0.1, -0.05) is 32.6 Å². The Morgan fingerprint density at radius 1 is 1.20 bits per heavy atom. The summed E-state index contributed by atoms with van der Waals surface area (Å²) in [5.74, 6) is 1.67. The number of rotatable bonds is 6. The summed E-state index contributed by atoms with van der Waals surface area (Å²) < 4.78 is 5.34. The van der Waals surface area contributed by atoms with Gasteiger partial charge in [0.1, 0.15) is 0 Å². The topological polar surface area (TPSA) is 38.5 Å². The van der Waals surface area contributed by atoms with E-state index in [1.807, 2.05) is 7.11 Å². The van der Waals surface area contributed by atoms with E-state index in [1.165, 1.54) is 64.5 Å². The molecule has 20 heavy (non-hydrogen) atoms. The SMILES string of the molecule is CCCC1CCCC(CN)(N2CCC(COC)C2)CC1. The lowest BCUT2D eigenvalue weighted by atomic mass is 9.87. The van der Waals surface area contributed by atoms with Gasteiger partial charge in [-0.05, 0) is 44.1 Å². The van der Waals surface area contributed by atoms with Crippen molar-refractivity contribution in [2.24, 2.45) is 17.6 Å². The molecule has 0 aromatic rings. The van der Waals surface area contributed by atoms with Crippen LogP contribution in [0.2, 0.25) is 0 Å². The Kier molecular flexibility index (Phi) is 6.31. The highest BCUT2D eigenvalue weighted by molar-refractivity contribution is 4.97. The Bertz CT molecular complexity index is 284. The standard InChI is InChI=1S/C17H34N2O/c1-3-5-15-6-4-9-17(14-18,10-7-15)19-11-8-16(12-19)13-20-2/h15-16H,3-14,18H2,1-2H3. The first kappa shape index (κ1) is 16.3. The van der Waals surface area contributed by atoms with Crippen LogP contribution >= 0.6 is 0 Å². The number of likely N-dealkylation sites (tertiary alicyclic amines) is 1. The lowest BCUT2D eigenvalue weighted by Crippen LogP contribution is -2.52. The van der Waals surface area contributed by atoms with Crippen molar-refractivity contribution in [2.45, 2.75) is 63.8 Å². The predicted molar refractivity (Wildman–Crippen MR) is 84.8 cm³/mol. The largest absolute Gasteiger partial charge is 0.384 e. The second kappa shape index (κ2) is 7.77. The second-order valence-corrected chi connectivity index (χ2v) is 7.07. The summed E-state index contributed by atoms with van der Waals surface area (Å²) in [5.41, 5.74) is 6.55. The Morgan fingerprint density at radius 2 is 2.05 bits per heavy atom. The summed E-state index contributed by atoms with van der Waals surface area (Å²) in [4.78, 5) is 2.71. The molecule has 0 spiro atoms. The van der Waals surface area contributed by atoms with Crippen LogP contribution in [-0.4, -0.2) is 43.8 Å². The molecule has 0 aromatic carbocycles. The van der Waals surface area contributed by atoms with Crippen LogP contribution in [0.1, 0.15) is 58.3 Å². The molecular formula is C17H34N2O. The van der Waals surface area contributed by atoms with E-state index in [4.69, 9.17) is 10.5 Å². The van der Waals surface area contributed by atoms with E-state index in [-0.39, 0.29) is 0 Å². The predicted octanol–water partition coefficient (Wildman–Crippen LogP) is 3.03. The first-order valence-corrected chi connectivity index (χ1v) is 8.68. The van der Waals surface area contributed by atoms with Gasteiger partial charge in [-0.3, -0.25) is 4.90 Å². The van der Waals surface area contributed by atoms with E-state index in [1.54, 1.807) is 0 Å². The molecule has 2 N–H and O–H groups in total. The first-order chi connectivity index (χ1) is 9.74. The molecule has 3 atom stereocenters. The number of methoxy groups -OCH3 is 1. The van der Waals surface area contributed by atoms with Gasteiger partial charge in [-0.15, -0.1) is 0 Å². The van der Waals surface area contributed by atoms with Gasteiger partial charge in [-0.25, -0.2) is 0 Å². The Labute approximate surface area is 125 Å². The van der Waals surface area contributed by atoms with Crippen molar-refractivity contribution >= 4 is 0 Å². The van der Waals surface area contributed by atoms with Gasteiger partial charge < -0.3 is 10.5 Å². The van der Waals surface area contributed by atoms with Gasteiger partial charge in [0.15, 0.2) is 0 Å². The van der Waals surface area contributed by atoms with E-state index in [0.29, 0.717) is 5.54 Å². The molecule has 118 valence electrons. The lowest BCUT2D eigenvalue weighted by molar-refractivity contribution is 0.0885. The molecular weight excluding hydrogens is 248 g/mol. The number of hydrogen-bond donors (Lipinski definition) is 1. The Hall–Kier alpha value is -0.120. The zero-order valence-electron chi connectivity index (χ0n) is 13.6. The highest BCUT2D eigenvalue weighted by atomic mass is 16.5. The number of nitrogens with zero attached hydrogens (tertiary/aromatic N) is 1.